The SMILES string of the molecule is CC(C)C(Oc1ccc(C(F)(F)F)cc1)N1CCCC1. The Morgan fingerprint density at radius 3 is 2.05 bits per heavy atom. The van der Waals surface area contributed by atoms with E-state index in [4.69, 9.17) is 4.74 Å². The van der Waals surface area contributed by atoms with E-state index in [-0.39, 0.29) is 12.1 Å². The molecule has 5 heteroatoms. The fourth-order valence-corrected chi connectivity index (χ4v) is 2.49. The molecule has 0 spiro atoms. The Morgan fingerprint density at radius 1 is 1.05 bits per heavy atom. The number of hydrogen-bond acceptors (Lipinski definition) is 2. The minimum atomic E-state index is -4.30. The molecule has 0 saturated carbocycles. The van der Waals surface area contributed by atoms with Crippen molar-refractivity contribution in [3.05, 3.63) is 29.8 Å². The van der Waals surface area contributed by atoms with Crippen LogP contribution in [0.5, 0.6) is 5.75 Å². The van der Waals surface area contributed by atoms with Crippen LogP contribution in [0.25, 0.3) is 0 Å². The van der Waals surface area contributed by atoms with Crippen molar-refractivity contribution in [1.29, 1.82) is 0 Å². The predicted octanol–water partition coefficient (Wildman–Crippen LogP) is 4.16. The third-order valence-corrected chi connectivity index (χ3v) is 3.51. The van der Waals surface area contributed by atoms with Gasteiger partial charge in [-0.15, -0.1) is 0 Å². The first-order valence-corrected chi connectivity index (χ1v) is 6.96. The molecule has 1 fully saturated rings. The minimum Gasteiger partial charge on any atom is -0.475 e. The van der Waals surface area contributed by atoms with E-state index in [0.29, 0.717) is 5.75 Å². The third kappa shape index (κ3) is 3.66. The summed E-state index contributed by atoms with van der Waals surface area (Å²) in [5, 5.41) is 0. The van der Waals surface area contributed by atoms with Crippen molar-refractivity contribution in [1.82, 2.24) is 4.90 Å². The molecule has 1 aliphatic rings. The van der Waals surface area contributed by atoms with Gasteiger partial charge in [0.15, 0.2) is 6.23 Å². The molecule has 20 heavy (non-hydrogen) atoms. The lowest BCUT2D eigenvalue weighted by Gasteiger charge is -2.31. The lowest BCUT2D eigenvalue weighted by molar-refractivity contribution is -0.137. The molecule has 1 aromatic rings. The average molecular weight is 287 g/mol. The summed E-state index contributed by atoms with van der Waals surface area (Å²) < 4.78 is 43.4. The quantitative estimate of drug-likeness (QED) is 0.824. The molecule has 1 atom stereocenters. The van der Waals surface area contributed by atoms with Crippen LogP contribution in [0.3, 0.4) is 0 Å². The predicted molar refractivity (Wildman–Crippen MR) is 71.5 cm³/mol. The Morgan fingerprint density at radius 2 is 1.60 bits per heavy atom. The first-order valence-electron chi connectivity index (χ1n) is 6.96. The molecule has 0 radical (unpaired) electrons. The van der Waals surface area contributed by atoms with Gasteiger partial charge in [-0.3, -0.25) is 4.90 Å². The number of halogens is 3. The minimum absolute atomic E-state index is 0.0748. The lowest BCUT2D eigenvalue weighted by atomic mass is 10.1. The zero-order valence-corrected chi connectivity index (χ0v) is 11.8. The average Bonchev–Trinajstić information content (AvgIpc) is 2.88. The molecule has 112 valence electrons. The van der Waals surface area contributed by atoms with Crippen LogP contribution < -0.4 is 4.74 Å². The van der Waals surface area contributed by atoms with Crippen LogP contribution in [-0.4, -0.2) is 24.2 Å². The molecular formula is C15H20F3NO. The van der Waals surface area contributed by atoms with Gasteiger partial charge in [-0.25, -0.2) is 0 Å². The van der Waals surface area contributed by atoms with E-state index in [0.717, 1.165) is 38.1 Å². The van der Waals surface area contributed by atoms with Gasteiger partial charge < -0.3 is 4.74 Å². The van der Waals surface area contributed by atoms with Crippen LogP contribution in [0.2, 0.25) is 0 Å². The Kier molecular flexibility index (Phi) is 4.58. The van der Waals surface area contributed by atoms with Gasteiger partial charge in [0.1, 0.15) is 5.75 Å². The summed E-state index contributed by atoms with van der Waals surface area (Å²) in [4.78, 5) is 2.25. The zero-order valence-electron chi connectivity index (χ0n) is 11.8. The second kappa shape index (κ2) is 6.04. The van der Waals surface area contributed by atoms with Crippen molar-refractivity contribution in [3.8, 4) is 5.75 Å². The highest BCUT2D eigenvalue weighted by atomic mass is 19.4. The van der Waals surface area contributed by atoms with Crippen molar-refractivity contribution >= 4 is 0 Å². The molecule has 1 heterocycles. The van der Waals surface area contributed by atoms with Gasteiger partial charge in [0.2, 0.25) is 0 Å². The van der Waals surface area contributed by atoms with Gasteiger partial charge in [0, 0.05) is 19.0 Å². The highest BCUT2D eigenvalue weighted by Gasteiger charge is 2.30. The summed E-state index contributed by atoms with van der Waals surface area (Å²) in [5.41, 5.74) is -0.646. The number of benzene rings is 1. The monoisotopic (exact) mass is 287 g/mol. The second-order valence-electron chi connectivity index (χ2n) is 5.52. The standard InChI is InChI=1S/C15H20F3NO/c1-11(2)14(19-9-3-4-10-19)20-13-7-5-12(6-8-13)15(16,17)18/h5-8,11,14H,3-4,9-10H2,1-2H3. The van der Waals surface area contributed by atoms with Crippen LogP contribution in [0.4, 0.5) is 13.2 Å². The summed E-state index contributed by atoms with van der Waals surface area (Å²) in [6.07, 6.45) is -2.07. The van der Waals surface area contributed by atoms with Crippen LogP contribution in [0.15, 0.2) is 24.3 Å². The van der Waals surface area contributed by atoms with Crippen LogP contribution in [0, 0.1) is 5.92 Å². The molecule has 1 aliphatic heterocycles. The maximum Gasteiger partial charge on any atom is 0.416 e. The van der Waals surface area contributed by atoms with Gasteiger partial charge in [-0.05, 0) is 37.1 Å². The smallest absolute Gasteiger partial charge is 0.416 e. The van der Waals surface area contributed by atoms with Crippen LogP contribution in [-0.2, 0) is 6.18 Å². The number of alkyl halides is 3. The molecule has 1 saturated heterocycles. The Hall–Kier alpha value is -1.23. The number of rotatable bonds is 4. The Labute approximate surface area is 117 Å². The van der Waals surface area contributed by atoms with E-state index in [9.17, 15) is 13.2 Å². The molecule has 2 rings (SSSR count). The summed E-state index contributed by atoms with van der Waals surface area (Å²) in [7, 11) is 0. The zero-order chi connectivity index (χ0) is 14.8. The molecular weight excluding hydrogens is 267 g/mol. The highest BCUT2D eigenvalue weighted by molar-refractivity contribution is 5.29. The number of nitrogens with zero attached hydrogens (tertiary/aromatic N) is 1. The first-order chi connectivity index (χ1) is 9.38. The van der Waals surface area contributed by atoms with Crippen molar-refractivity contribution in [3.63, 3.8) is 0 Å². The third-order valence-electron chi connectivity index (χ3n) is 3.51. The first kappa shape index (κ1) is 15.2. The number of hydrogen-bond donors (Lipinski definition) is 0. The van der Waals surface area contributed by atoms with Crippen LogP contribution >= 0.6 is 0 Å². The van der Waals surface area contributed by atoms with E-state index in [2.05, 4.69) is 18.7 Å². The summed E-state index contributed by atoms with van der Waals surface area (Å²) >= 11 is 0. The van der Waals surface area contributed by atoms with Crippen molar-refractivity contribution in [2.24, 2.45) is 5.92 Å². The molecule has 1 unspecified atom stereocenters. The van der Waals surface area contributed by atoms with Gasteiger partial charge in [-0.1, -0.05) is 13.8 Å². The van der Waals surface area contributed by atoms with Gasteiger partial charge in [0.25, 0.3) is 0 Å². The maximum atomic E-state index is 12.5. The summed E-state index contributed by atoms with van der Waals surface area (Å²) in [6, 6.07) is 4.93. The Balaban J connectivity index is 2.07. The van der Waals surface area contributed by atoms with Crippen molar-refractivity contribution in [2.45, 2.75) is 39.1 Å². The Bertz CT molecular complexity index is 422. The summed E-state index contributed by atoms with van der Waals surface area (Å²) in [6.45, 7) is 6.10. The molecule has 0 amide bonds. The van der Waals surface area contributed by atoms with E-state index in [1.54, 1.807) is 0 Å². The van der Waals surface area contributed by atoms with Crippen molar-refractivity contribution < 1.29 is 17.9 Å². The largest absolute Gasteiger partial charge is 0.475 e. The number of likely N-dealkylation sites (tertiary alicyclic amines) is 1. The van der Waals surface area contributed by atoms with Gasteiger partial charge in [-0.2, -0.15) is 13.2 Å². The number of ether oxygens (including phenoxy) is 1. The van der Waals surface area contributed by atoms with E-state index in [1.807, 2.05) is 0 Å². The van der Waals surface area contributed by atoms with E-state index >= 15 is 0 Å². The van der Waals surface area contributed by atoms with Crippen LogP contribution in [0.1, 0.15) is 32.3 Å². The van der Waals surface area contributed by atoms with Crippen molar-refractivity contribution in [2.75, 3.05) is 13.1 Å². The fraction of sp³-hybridized carbons (Fsp3) is 0.600. The van der Waals surface area contributed by atoms with Gasteiger partial charge >= 0.3 is 6.18 Å². The van der Waals surface area contributed by atoms with Gasteiger partial charge in [0.05, 0.1) is 5.56 Å². The normalized spacial score (nSPS) is 18.5. The molecule has 2 nitrogen and oxygen atoms in total. The van der Waals surface area contributed by atoms with E-state index < -0.39 is 11.7 Å². The van der Waals surface area contributed by atoms with E-state index in [1.165, 1.54) is 12.1 Å². The highest BCUT2D eigenvalue weighted by Crippen LogP contribution is 2.31. The molecule has 0 aromatic heterocycles. The fourth-order valence-electron chi connectivity index (χ4n) is 2.49. The molecule has 1 aromatic carbocycles. The topological polar surface area (TPSA) is 12.5 Å². The molecule has 0 aliphatic carbocycles. The molecule has 0 N–H and O–H groups in total. The maximum absolute atomic E-state index is 12.5. The summed E-state index contributed by atoms with van der Waals surface area (Å²) in [5.74, 6) is 0.777. The molecule has 0 bridgehead atoms. The lowest BCUT2D eigenvalue weighted by Crippen LogP contribution is -2.41. The second-order valence-corrected chi connectivity index (χ2v) is 5.52.